The van der Waals surface area contributed by atoms with Gasteiger partial charge in [-0.05, 0) is 54.9 Å². The minimum absolute atomic E-state index is 0.193. The van der Waals surface area contributed by atoms with Crippen LogP contribution in [0.5, 0.6) is 0 Å². The molecule has 1 N–H and O–H groups in total. The van der Waals surface area contributed by atoms with Gasteiger partial charge in [-0.3, -0.25) is 0 Å². The molecular formula is C15H24O. The van der Waals surface area contributed by atoms with Gasteiger partial charge in [0.15, 0.2) is 0 Å². The molecule has 0 radical (unpaired) electrons. The van der Waals surface area contributed by atoms with Crippen LogP contribution in [0.4, 0.5) is 0 Å². The second-order valence-corrected chi connectivity index (χ2v) is 5.89. The standard InChI is InChI=1S/C15H24O/c1-10-7-13(15(4,5)6)8-11(2)14(10)9-12(3)16/h7-8,12,16H,9H2,1-6H3. The van der Waals surface area contributed by atoms with E-state index in [0.717, 1.165) is 6.42 Å². The van der Waals surface area contributed by atoms with E-state index in [9.17, 15) is 5.11 Å². The van der Waals surface area contributed by atoms with E-state index in [0.29, 0.717) is 0 Å². The number of aliphatic hydroxyl groups excluding tert-OH is 1. The van der Waals surface area contributed by atoms with Crippen molar-refractivity contribution in [1.29, 1.82) is 0 Å². The molecule has 0 aliphatic rings. The van der Waals surface area contributed by atoms with Gasteiger partial charge in [-0.2, -0.15) is 0 Å². The zero-order valence-corrected chi connectivity index (χ0v) is 11.4. The first-order valence-corrected chi connectivity index (χ1v) is 6.00. The number of benzene rings is 1. The van der Waals surface area contributed by atoms with Crippen LogP contribution in [0, 0.1) is 13.8 Å². The highest BCUT2D eigenvalue weighted by atomic mass is 16.3. The van der Waals surface area contributed by atoms with Gasteiger partial charge in [-0.1, -0.05) is 32.9 Å². The molecule has 1 nitrogen and oxygen atoms in total. The lowest BCUT2D eigenvalue weighted by Gasteiger charge is -2.22. The van der Waals surface area contributed by atoms with Crippen molar-refractivity contribution in [3.05, 3.63) is 34.4 Å². The largest absolute Gasteiger partial charge is 0.393 e. The Hall–Kier alpha value is -0.820. The van der Waals surface area contributed by atoms with E-state index in [2.05, 4.69) is 46.8 Å². The summed E-state index contributed by atoms with van der Waals surface area (Å²) >= 11 is 0. The molecule has 0 fully saturated rings. The maximum Gasteiger partial charge on any atom is 0.0552 e. The van der Waals surface area contributed by atoms with Crippen LogP contribution in [-0.4, -0.2) is 11.2 Å². The van der Waals surface area contributed by atoms with Crippen molar-refractivity contribution in [2.24, 2.45) is 0 Å². The Morgan fingerprint density at radius 1 is 1.12 bits per heavy atom. The quantitative estimate of drug-likeness (QED) is 0.808. The van der Waals surface area contributed by atoms with Crippen molar-refractivity contribution in [3.8, 4) is 0 Å². The fraction of sp³-hybridized carbons (Fsp3) is 0.600. The van der Waals surface area contributed by atoms with E-state index >= 15 is 0 Å². The van der Waals surface area contributed by atoms with Gasteiger partial charge in [0.05, 0.1) is 6.10 Å². The van der Waals surface area contributed by atoms with Gasteiger partial charge in [0.1, 0.15) is 0 Å². The SMILES string of the molecule is Cc1cc(C(C)(C)C)cc(C)c1CC(C)O. The Balaban J connectivity index is 3.18. The second-order valence-electron chi connectivity index (χ2n) is 5.89. The predicted molar refractivity (Wildman–Crippen MR) is 70.0 cm³/mol. The molecule has 16 heavy (non-hydrogen) atoms. The summed E-state index contributed by atoms with van der Waals surface area (Å²) in [6.45, 7) is 12.8. The topological polar surface area (TPSA) is 20.2 Å². The molecule has 90 valence electrons. The molecule has 1 aromatic carbocycles. The van der Waals surface area contributed by atoms with Crippen molar-refractivity contribution >= 4 is 0 Å². The summed E-state index contributed by atoms with van der Waals surface area (Å²) in [6, 6.07) is 4.51. The number of aliphatic hydroxyl groups is 1. The molecule has 0 spiro atoms. The molecule has 1 unspecified atom stereocenters. The van der Waals surface area contributed by atoms with Crippen LogP contribution in [0.3, 0.4) is 0 Å². The summed E-state index contributed by atoms with van der Waals surface area (Å²) < 4.78 is 0. The molecule has 1 aromatic rings. The smallest absolute Gasteiger partial charge is 0.0552 e. The zero-order valence-electron chi connectivity index (χ0n) is 11.4. The zero-order chi connectivity index (χ0) is 12.5. The van der Waals surface area contributed by atoms with E-state index in [1.54, 1.807) is 0 Å². The molecule has 0 saturated carbocycles. The van der Waals surface area contributed by atoms with Gasteiger partial charge in [0.2, 0.25) is 0 Å². The van der Waals surface area contributed by atoms with E-state index in [-0.39, 0.29) is 11.5 Å². The number of rotatable bonds is 2. The fourth-order valence-corrected chi connectivity index (χ4v) is 2.04. The van der Waals surface area contributed by atoms with Crippen LogP contribution >= 0.6 is 0 Å². The molecule has 1 atom stereocenters. The van der Waals surface area contributed by atoms with Crippen LogP contribution < -0.4 is 0 Å². The Bertz CT molecular complexity index is 347. The third kappa shape index (κ3) is 3.08. The molecular weight excluding hydrogens is 196 g/mol. The first-order chi connectivity index (χ1) is 7.21. The number of hydrogen-bond donors (Lipinski definition) is 1. The van der Waals surface area contributed by atoms with Gasteiger partial charge in [0.25, 0.3) is 0 Å². The minimum Gasteiger partial charge on any atom is -0.393 e. The molecule has 0 saturated heterocycles. The summed E-state index contributed by atoms with van der Waals surface area (Å²) in [5.74, 6) is 0. The summed E-state index contributed by atoms with van der Waals surface area (Å²) in [5, 5.41) is 9.48. The normalized spacial score (nSPS) is 13.9. The highest BCUT2D eigenvalue weighted by molar-refractivity contribution is 5.40. The van der Waals surface area contributed by atoms with Crippen molar-refractivity contribution in [2.75, 3.05) is 0 Å². The number of hydrogen-bond acceptors (Lipinski definition) is 1. The van der Waals surface area contributed by atoms with Crippen molar-refractivity contribution < 1.29 is 5.11 Å². The third-order valence-corrected chi connectivity index (χ3v) is 3.06. The van der Waals surface area contributed by atoms with Crippen LogP contribution in [0.25, 0.3) is 0 Å². The average molecular weight is 220 g/mol. The van der Waals surface area contributed by atoms with Crippen LogP contribution in [0.2, 0.25) is 0 Å². The van der Waals surface area contributed by atoms with E-state index < -0.39 is 0 Å². The van der Waals surface area contributed by atoms with Crippen molar-refractivity contribution in [3.63, 3.8) is 0 Å². The minimum atomic E-state index is -0.266. The van der Waals surface area contributed by atoms with Gasteiger partial charge in [0, 0.05) is 0 Å². The average Bonchev–Trinajstić information content (AvgIpc) is 2.09. The summed E-state index contributed by atoms with van der Waals surface area (Å²) in [4.78, 5) is 0. The molecule has 0 aromatic heterocycles. The second kappa shape index (κ2) is 4.58. The van der Waals surface area contributed by atoms with E-state index in [1.807, 2.05) is 6.92 Å². The van der Waals surface area contributed by atoms with Gasteiger partial charge < -0.3 is 5.11 Å². The van der Waals surface area contributed by atoms with Gasteiger partial charge in [-0.15, -0.1) is 0 Å². The van der Waals surface area contributed by atoms with E-state index in [4.69, 9.17) is 0 Å². The Kier molecular flexibility index (Phi) is 3.80. The molecule has 0 aliphatic carbocycles. The molecule has 1 rings (SSSR count). The van der Waals surface area contributed by atoms with Gasteiger partial charge in [-0.25, -0.2) is 0 Å². The summed E-state index contributed by atoms with van der Waals surface area (Å²) in [5.41, 5.74) is 5.45. The predicted octanol–water partition coefficient (Wildman–Crippen LogP) is 3.52. The molecule has 0 heterocycles. The highest BCUT2D eigenvalue weighted by Crippen LogP contribution is 2.27. The Labute approximate surface area is 99.5 Å². The fourth-order valence-electron chi connectivity index (χ4n) is 2.04. The highest BCUT2D eigenvalue weighted by Gasteiger charge is 2.16. The maximum absolute atomic E-state index is 9.48. The first kappa shape index (κ1) is 13.2. The maximum atomic E-state index is 9.48. The van der Waals surface area contributed by atoms with E-state index in [1.165, 1.54) is 22.3 Å². The van der Waals surface area contributed by atoms with Crippen molar-refractivity contribution in [2.45, 2.75) is 59.5 Å². The Morgan fingerprint density at radius 3 is 1.88 bits per heavy atom. The molecule has 0 amide bonds. The lowest BCUT2D eigenvalue weighted by atomic mass is 9.83. The Morgan fingerprint density at radius 2 is 1.56 bits per heavy atom. The lowest BCUT2D eigenvalue weighted by molar-refractivity contribution is 0.195. The summed E-state index contributed by atoms with van der Waals surface area (Å²) in [7, 11) is 0. The molecule has 0 bridgehead atoms. The summed E-state index contributed by atoms with van der Waals surface area (Å²) in [6.07, 6.45) is 0.486. The molecule has 1 heteroatoms. The first-order valence-electron chi connectivity index (χ1n) is 6.00. The third-order valence-electron chi connectivity index (χ3n) is 3.06. The van der Waals surface area contributed by atoms with Gasteiger partial charge >= 0.3 is 0 Å². The van der Waals surface area contributed by atoms with Crippen LogP contribution in [0.1, 0.15) is 49.9 Å². The number of aryl methyl sites for hydroxylation is 2. The van der Waals surface area contributed by atoms with Crippen LogP contribution in [0.15, 0.2) is 12.1 Å². The monoisotopic (exact) mass is 220 g/mol. The van der Waals surface area contributed by atoms with Crippen molar-refractivity contribution in [1.82, 2.24) is 0 Å². The van der Waals surface area contributed by atoms with Crippen LogP contribution in [-0.2, 0) is 11.8 Å². The molecule has 0 aliphatic heterocycles. The lowest BCUT2D eigenvalue weighted by Crippen LogP contribution is -2.14.